The molecular weight excluding hydrogens is 382 g/mol. The zero-order valence-corrected chi connectivity index (χ0v) is 15.0. The molecule has 0 saturated carbocycles. The van der Waals surface area contributed by atoms with E-state index in [2.05, 4.69) is 4.74 Å². The minimum Gasteiger partial charge on any atom is -0.405 e. The lowest BCUT2D eigenvalue weighted by atomic mass is 10.1. The molecule has 1 aliphatic heterocycles. The van der Waals surface area contributed by atoms with Crippen molar-refractivity contribution in [2.75, 3.05) is 18.8 Å². The molecule has 27 heavy (non-hydrogen) atoms. The van der Waals surface area contributed by atoms with Gasteiger partial charge in [-0.2, -0.15) is 11.8 Å². The lowest BCUT2D eigenvalue weighted by molar-refractivity contribution is -0.274. The summed E-state index contributed by atoms with van der Waals surface area (Å²) in [6.07, 6.45) is -4.36. The number of thioether (sulfide) groups is 1. The van der Waals surface area contributed by atoms with E-state index in [-0.39, 0.29) is 16.6 Å². The summed E-state index contributed by atoms with van der Waals surface area (Å²) in [5.74, 6) is -0.770. The van der Waals surface area contributed by atoms with Crippen molar-refractivity contribution in [1.82, 2.24) is 4.90 Å². The first kappa shape index (κ1) is 19.5. The van der Waals surface area contributed by atoms with Gasteiger partial charge in [-0.15, -0.1) is 13.2 Å². The van der Waals surface area contributed by atoms with Gasteiger partial charge >= 0.3 is 6.36 Å². The van der Waals surface area contributed by atoms with E-state index in [1.807, 2.05) is 0 Å². The van der Waals surface area contributed by atoms with Crippen LogP contribution in [0.15, 0.2) is 48.5 Å². The SMILES string of the molecule is O=C(c1ccccc1OC(F)(F)F)N1CCSC(c2ccccc2F)CC1. The fraction of sp³-hybridized carbons (Fsp3) is 0.316. The molecule has 0 N–H and O–H groups in total. The molecule has 0 bridgehead atoms. The zero-order valence-electron chi connectivity index (χ0n) is 14.2. The standard InChI is InChI=1S/C19H17F4NO2S/c20-15-7-3-1-5-13(15)17-9-10-24(11-12-27-17)18(25)14-6-2-4-8-16(14)26-19(21,22)23/h1-8,17H,9-12H2. The number of hydrogen-bond donors (Lipinski definition) is 0. The van der Waals surface area contributed by atoms with Crippen LogP contribution in [0.25, 0.3) is 0 Å². The number of carbonyl (C=O) groups excluding carboxylic acids is 1. The Morgan fingerprint density at radius 1 is 1.07 bits per heavy atom. The maximum Gasteiger partial charge on any atom is 0.573 e. The minimum absolute atomic E-state index is 0.106. The van der Waals surface area contributed by atoms with Crippen molar-refractivity contribution in [2.45, 2.75) is 18.0 Å². The van der Waals surface area contributed by atoms with Crippen LogP contribution in [0.3, 0.4) is 0 Å². The van der Waals surface area contributed by atoms with E-state index in [1.165, 1.54) is 40.9 Å². The molecule has 144 valence electrons. The first-order valence-electron chi connectivity index (χ1n) is 8.35. The smallest absolute Gasteiger partial charge is 0.405 e. The fourth-order valence-corrected chi connectivity index (χ4v) is 4.24. The molecular formula is C19H17F4NO2S. The second kappa shape index (κ2) is 8.21. The summed E-state index contributed by atoms with van der Waals surface area (Å²) in [4.78, 5) is 14.3. The Balaban J connectivity index is 1.75. The van der Waals surface area contributed by atoms with Gasteiger partial charge in [-0.3, -0.25) is 4.79 Å². The van der Waals surface area contributed by atoms with Gasteiger partial charge in [0.15, 0.2) is 0 Å². The number of para-hydroxylation sites is 1. The Morgan fingerprint density at radius 3 is 2.52 bits per heavy atom. The second-order valence-corrected chi connectivity index (χ2v) is 7.32. The van der Waals surface area contributed by atoms with Crippen LogP contribution in [0.1, 0.15) is 27.6 Å². The van der Waals surface area contributed by atoms with Crippen molar-refractivity contribution < 1.29 is 27.1 Å². The fourth-order valence-electron chi connectivity index (χ4n) is 2.99. The van der Waals surface area contributed by atoms with Crippen LogP contribution < -0.4 is 4.74 Å². The average molecular weight is 399 g/mol. The number of carbonyl (C=O) groups is 1. The third-order valence-electron chi connectivity index (χ3n) is 4.22. The highest BCUT2D eigenvalue weighted by atomic mass is 32.2. The Labute approximate surface area is 158 Å². The number of halogens is 4. The highest BCUT2D eigenvalue weighted by Gasteiger charge is 2.34. The van der Waals surface area contributed by atoms with E-state index in [1.54, 1.807) is 18.2 Å². The molecule has 3 rings (SSSR count). The normalized spacial score (nSPS) is 18.1. The molecule has 0 spiro atoms. The molecule has 0 radical (unpaired) electrons. The highest BCUT2D eigenvalue weighted by Crippen LogP contribution is 2.36. The van der Waals surface area contributed by atoms with Gasteiger partial charge < -0.3 is 9.64 Å². The summed E-state index contributed by atoms with van der Waals surface area (Å²) in [6, 6.07) is 11.8. The number of benzene rings is 2. The Hall–Kier alpha value is -2.22. The summed E-state index contributed by atoms with van der Waals surface area (Å²) in [6.45, 7) is 0.694. The number of nitrogens with zero attached hydrogens (tertiary/aromatic N) is 1. The monoisotopic (exact) mass is 399 g/mol. The molecule has 3 nitrogen and oxygen atoms in total. The van der Waals surface area contributed by atoms with Gasteiger partial charge in [0.05, 0.1) is 5.56 Å². The van der Waals surface area contributed by atoms with E-state index in [0.717, 1.165) is 6.07 Å². The Bertz CT molecular complexity index is 812. The van der Waals surface area contributed by atoms with Crippen LogP contribution in [0.5, 0.6) is 5.75 Å². The lowest BCUT2D eigenvalue weighted by Crippen LogP contribution is -2.33. The molecule has 1 fully saturated rings. The third kappa shape index (κ3) is 4.94. The summed E-state index contributed by atoms with van der Waals surface area (Å²) in [5, 5.41) is -0.106. The average Bonchev–Trinajstić information content (AvgIpc) is 2.87. The number of amides is 1. The van der Waals surface area contributed by atoms with Crippen LogP contribution in [0.4, 0.5) is 17.6 Å². The molecule has 1 saturated heterocycles. The Kier molecular flexibility index (Phi) is 5.94. The number of rotatable bonds is 3. The van der Waals surface area contributed by atoms with Gasteiger partial charge in [-0.05, 0) is 24.6 Å². The van der Waals surface area contributed by atoms with Gasteiger partial charge in [0.2, 0.25) is 0 Å². The largest absolute Gasteiger partial charge is 0.573 e. The molecule has 2 aromatic rings. The topological polar surface area (TPSA) is 29.5 Å². The third-order valence-corrected chi connectivity index (χ3v) is 5.53. The molecule has 1 aliphatic rings. The summed E-state index contributed by atoms with van der Waals surface area (Å²) < 4.78 is 55.7. The molecule has 1 atom stereocenters. The van der Waals surface area contributed by atoms with E-state index >= 15 is 0 Å². The molecule has 1 unspecified atom stereocenters. The van der Waals surface area contributed by atoms with Gasteiger partial charge in [-0.25, -0.2) is 4.39 Å². The maximum absolute atomic E-state index is 14.0. The van der Waals surface area contributed by atoms with Gasteiger partial charge in [-0.1, -0.05) is 30.3 Å². The van der Waals surface area contributed by atoms with Crippen LogP contribution in [0, 0.1) is 5.82 Å². The number of ether oxygens (including phenoxy) is 1. The van der Waals surface area contributed by atoms with E-state index in [9.17, 15) is 22.4 Å². The Morgan fingerprint density at radius 2 is 1.78 bits per heavy atom. The first-order valence-corrected chi connectivity index (χ1v) is 9.40. The molecule has 2 aromatic carbocycles. The van der Waals surface area contributed by atoms with Crippen molar-refractivity contribution >= 4 is 17.7 Å². The maximum atomic E-state index is 14.0. The van der Waals surface area contributed by atoms with Crippen molar-refractivity contribution in [3.05, 3.63) is 65.5 Å². The minimum atomic E-state index is -4.87. The highest BCUT2D eigenvalue weighted by molar-refractivity contribution is 7.99. The van der Waals surface area contributed by atoms with Gasteiger partial charge in [0.1, 0.15) is 11.6 Å². The molecule has 8 heteroatoms. The van der Waals surface area contributed by atoms with Crippen LogP contribution in [0.2, 0.25) is 0 Å². The van der Waals surface area contributed by atoms with Crippen molar-refractivity contribution in [1.29, 1.82) is 0 Å². The van der Waals surface area contributed by atoms with Crippen LogP contribution in [-0.4, -0.2) is 36.0 Å². The summed E-state index contributed by atoms with van der Waals surface area (Å²) >= 11 is 1.54. The summed E-state index contributed by atoms with van der Waals surface area (Å²) in [5.41, 5.74) is 0.446. The molecule has 1 amide bonds. The summed E-state index contributed by atoms with van der Waals surface area (Å²) in [7, 11) is 0. The van der Waals surface area contributed by atoms with Crippen molar-refractivity contribution in [3.63, 3.8) is 0 Å². The van der Waals surface area contributed by atoms with Crippen LogP contribution in [-0.2, 0) is 0 Å². The molecule has 0 aromatic heterocycles. The van der Waals surface area contributed by atoms with E-state index < -0.39 is 18.0 Å². The van der Waals surface area contributed by atoms with Crippen LogP contribution >= 0.6 is 11.8 Å². The zero-order chi connectivity index (χ0) is 19.4. The van der Waals surface area contributed by atoms with E-state index in [0.29, 0.717) is 30.8 Å². The van der Waals surface area contributed by atoms with Crippen molar-refractivity contribution in [3.8, 4) is 5.75 Å². The lowest BCUT2D eigenvalue weighted by Gasteiger charge is -2.22. The number of alkyl halides is 3. The molecule has 1 heterocycles. The predicted molar refractivity (Wildman–Crippen MR) is 95.2 cm³/mol. The first-order chi connectivity index (χ1) is 12.8. The number of hydrogen-bond acceptors (Lipinski definition) is 3. The molecule has 0 aliphatic carbocycles. The van der Waals surface area contributed by atoms with Gasteiger partial charge in [0, 0.05) is 29.7 Å². The quantitative estimate of drug-likeness (QED) is 0.677. The predicted octanol–water partition coefficient (Wildman–Crippen LogP) is 5.04. The van der Waals surface area contributed by atoms with Gasteiger partial charge in [0.25, 0.3) is 5.91 Å². The van der Waals surface area contributed by atoms with Crippen molar-refractivity contribution in [2.24, 2.45) is 0 Å². The van der Waals surface area contributed by atoms with E-state index in [4.69, 9.17) is 0 Å². The second-order valence-electron chi connectivity index (χ2n) is 6.01.